The minimum Gasteiger partial charge on any atom is -0.355 e. The van der Waals surface area contributed by atoms with Crippen molar-refractivity contribution < 1.29 is 4.79 Å². The lowest BCUT2D eigenvalue weighted by molar-refractivity contribution is 0.0961. The molecule has 0 spiro atoms. The first-order valence-corrected chi connectivity index (χ1v) is 8.42. The molecule has 3 aromatic heterocycles. The molecule has 0 unspecified atom stereocenters. The van der Waals surface area contributed by atoms with E-state index in [1.54, 1.807) is 34.8 Å². The van der Waals surface area contributed by atoms with E-state index in [1.165, 1.54) is 13.2 Å². The monoisotopic (exact) mass is 344 g/mol. The highest BCUT2D eigenvalue weighted by atomic mass is 32.1. The van der Waals surface area contributed by atoms with E-state index in [0.29, 0.717) is 5.82 Å². The number of aromatic amines is 1. The van der Waals surface area contributed by atoms with Gasteiger partial charge in [0.1, 0.15) is 16.4 Å². The Hall–Kier alpha value is -2.58. The third-order valence-electron chi connectivity index (χ3n) is 2.96. The van der Waals surface area contributed by atoms with Crippen molar-refractivity contribution in [2.75, 3.05) is 7.05 Å². The summed E-state index contributed by atoms with van der Waals surface area (Å²) in [5.74, 6) is -0.0947. The van der Waals surface area contributed by atoms with Gasteiger partial charge < -0.3 is 10.3 Å². The molecule has 0 aliphatic heterocycles. The number of H-pyrrole nitrogens is 1. The fourth-order valence-electron chi connectivity index (χ4n) is 1.83. The normalized spacial score (nSPS) is 11.0. The number of rotatable bonds is 4. The Kier molecular flexibility index (Phi) is 4.45. The molecule has 23 heavy (non-hydrogen) atoms. The highest BCUT2D eigenvalue weighted by Crippen LogP contribution is 2.28. The second-order valence-electron chi connectivity index (χ2n) is 4.48. The first kappa shape index (κ1) is 15.3. The summed E-state index contributed by atoms with van der Waals surface area (Å²) in [6, 6.07) is 4.01. The fraction of sp³-hybridized carbons (Fsp3) is 0.0667. The molecule has 116 valence electrons. The lowest BCUT2D eigenvalue weighted by Gasteiger charge is -1.98. The SMILES string of the molecule is CNC(=O)c1cnc(/C=C/c2csc(-c3cccs3)n2)[nH]c1=O. The maximum absolute atomic E-state index is 11.8. The lowest BCUT2D eigenvalue weighted by Crippen LogP contribution is -2.27. The summed E-state index contributed by atoms with van der Waals surface area (Å²) in [5.41, 5.74) is 0.297. The summed E-state index contributed by atoms with van der Waals surface area (Å²) in [5, 5.41) is 7.29. The van der Waals surface area contributed by atoms with Crippen molar-refractivity contribution in [2.24, 2.45) is 0 Å². The van der Waals surface area contributed by atoms with E-state index in [9.17, 15) is 9.59 Å². The maximum Gasteiger partial charge on any atom is 0.263 e. The van der Waals surface area contributed by atoms with Crippen LogP contribution in [-0.4, -0.2) is 27.9 Å². The summed E-state index contributed by atoms with van der Waals surface area (Å²) in [6.45, 7) is 0. The first-order valence-electron chi connectivity index (χ1n) is 6.66. The number of carbonyl (C=O) groups excluding carboxylic acids is 1. The molecule has 1 amide bonds. The summed E-state index contributed by atoms with van der Waals surface area (Å²) >= 11 is 3.20. The zero-order valence-corrected chi connectivity index (χ0v) is 13.7. The number of carbonyl (C=O) groups is 1. The van der Waals surface area contributed by atoms with Crippen molar-refractivity contribution in [1.82, 2.24) is 20.3 Å². The molecule has 3 aromatic rings. The maximum atomic E-state index is 11.8. The predicted octanol–water partition coefficient (Wildman–Crippen LogP) is 2.48. The summed E-state index contributed by atoms with van der Waals surface area (Å²) in [4.78, 5) is 35.5. The van der Waals surface area contributed by atoms with Gasteiger partial charge in [0.25, 0.3) is 11.5 Å². The van der Waals surface area contributed by atoms with Crippen LogP contribution in [0.1, 0.15) is 21.9 Å². The third-order valence-corrected chi connectivity index (χ3v) is 4.86. The molecule has 0 bridgehead atoms. The van der Waals surface area contributed by atoms with Gasteiger partial charge in [0, 0.05) is 18.6 Å². The zero-order valence-electron chi connectivity index (χ0n) is 12.1. The van der Waals surface area contributed by atoms with Crippen LogP contribution in [-0.2, 0) is 0 Å². The predicted molar refractivity (Wildman–Crippen MR) is 92.6 cm³/mol. The molecule has 0 saturated heterocycles. The minimum absolute atomic E-state index is 0.0155. The quantitative estimate of drug-likeness (QED) is 0.761. The van der Waals surface area contributed by atoms with Crippen LogP contribution in [0.25, 0.3) is 22.0 Å². The van der Waals surface area contributed by atoms with Crippen LogP contribution in [0.5, 0.6) is 0 Å². The Balaban J connectivity index is 1.79. The topological polar surface area (TPSA) is 87.7 Å². The summed E-state index contributed by atoms with van der Waals surface area (Å²) in [6.07, 6.45) is 4.68. The van der Waals surface area contributed by atoms with Crippen LogP contribution < -0.4 is 10.9 Å². The number of thiophene rings is 1. The number of hydrogen-bond acceptors (Lipinski definition) is 6. The fourth-order valence-corrected chi connectivity index (χ4v) is 3.43. The Bertz CT molecular complexity index is 910. The van der Waals surface area contributed by atoms with Gasteiger partial charge in [0.2, 0.25) is 0 Å². The van der Waals surface area contributed by atoms with E-state index >= 15 is 0 Å². The largest absolute Gasteiger partial charge is 0.355 e. The van der Waals surface area contributed by atoms with Crippen molar-refractivity contribution in [1.29, 1.82) is 0 Å². The van der Waals surface area contributed by atoms with Crippen molar-refractivity contribution in [3.8, 4) is 9.88 Å². The van der Waals surface area contributed by atoms with E-state index in [0.717, 1.165) is 15.6 Å². The number of amides is 1. The van der Waals surface area contributed by atoms with Gasteiger partial charge in [-0.15, -0.1) is 22.7 Å². The van der Waals surface area contributed by atoms with E-state index in [4.69, 9.17) is 0 Å². The minimum atomic E-state index is -0.475. The van der Waals surface area contributed by atoms with Crippen LogP contribution >= 0.6 is 22.7 Å². The Morgan fingerprint density at radius 2 is 2.22 bits per heavy atom. The molecular formula is C15H12N4O2S2. The molecule has 0 saturated carbocycles. The third kappa shape index (κ3) is 3.43. The van der Waals surface area contributed by atoms with E-state index in [2.05, 4.69) is 20.3 Å². The lowest BCUT2D eigenvalue weighted by atomic mass is 10.3. The molecule has 3 heterocycles. The van der Waals surface area contributed by atoms with Gasteiger partial charge in [-0.2, -0.15) is 0 Å². The second-order valence-corrected chi connectivity index (χ2v) is 6.28. The number of hydrogen-bond donors (Lipinski definition) is 2. The molecule has 8 heteroatoms. The average molecular weight is 344 g/mol. The molecule has 0 atom stereocenters. The Labute approximate surface area is 139 Å². The number of nitrogens with zero attached hydrogens (tertiary/aromatic N) is 2. The molecule has 6 nitrogen and oxygen atoms in total. The number of nitrogens with one attached hydrogen (secondary N) is 2. The van der Waals surface area contributed by atoms with Crippen molar-refractivity contribution >= 4 is 40.7 Å². The molecule has 0 radical (unpaired) electrons. The highest BCUT2D eigenvalue weighted by molar-refractivity contribution is 7.20. The average Bonchev–Trinajstić information content (AvgIpc) is 3.23. The molecular weight excluding hydrogens is 332 g/mol. The van der Waals surface area contributed by atoms with Crippen LogP contribution in [0.3, 0.4) is 0 Å². The van der Waals surface area contributed by atoms with Crippen LogP contribution in [0, 0.1) is 0 Å². The van der Waals surface area contributed by atoms with Crippen molar-refractivity contribution in [3.05, 3.63) is 56.5 Å². The van der Waals surface area contributed by atoms with Gasteiger partial charge >= 0.3 is 0 Å². The number of thiazole rings is 1. The van der Waals surface area contributed by atoms with Crippen LogP contribution in [0.15, 0.2) is 33.9 Å². The van der Waals surface area contributed by atoms with Crippen LogP contribution in [0.4, 0.5) is 0 Å². The van der Waals surface area contributed by atoms with Crippen molar-refractivity contribution in [2.45, 2.75) is 0 Å². The number of aromatic nitrogens is 3. The van der Waals surface area contributed by atoms with Gasteiger partial charge in [-0.3, -0.25) is 9.59 Å². The zero-order chi connectivity index (χ0) is 16.2. The van der Waals surface area contributed by atoms with Gasteiger partial charge in [0.05, 0.1) is 10.6 Å². The van der Waals surface area contributed by atoms with Crippen molar-refractivity contribution in [3.63, 3.8) is 0 Å². The molecule has 0 aliphatic carbocycles. The molecule has 0 fully saturated rings. The van der Waals surface area contributed by atoms with Gasteiger partial charge in [0.15, 0.2) is 0 Å². The molecule has 2 N–H and O–H groups in total. The first-order chi connectivity index (χ1) is 11.2. The van der Waals surface area contributed by atoms with E-state index < -0.39 is 11.5 Å². The van der Waals surface area contributed by atoms with Gasteiger partial charge in [-0.25, -0.2) is 9.97 Å². The molecule has 0 aromatic carbocycles. The van der Waals surface area contributed by atoms with Crippen LogP contribution in [0.2, 0.25) is 0 Å². The van der Waals surface area contributed by atoms with Gasteiger partial charge in [-0.1, -0.05) is 6.07 Å². The summed E-state index contributed by atoms with van der Waals surface area (Å²) < 4.78 is 0. The summed E-state index contributed by atoms with van der Waals surface area (Å²) in [7, 11) is 1.46. The molecule has 3 rings (SSSR count). The van der Waals surface area contributed by atoms with E-state index in [-0.39, 0.29) is 5.56 Å². The van der Waals surface area contributed by atoms with Gasteiger partial charge in [-0.05, 0) is 23.6 Å². The molecule has 0 aliphatic rings. The van der Waals surface area contributed by atoms with E-state index in [1.807, 2.05) is 22.9 Å². The standard InChI is InChI=1S/C15H12N4O2S2/c1-16-13(20)10-7-17-12(19-14(10)21)5-4-9-8-23-15(18-9)11-3-2-6-22-11/h2-8H,1H3,(H,16,20)(H,17,19,21)/b5-4+. The second kappa shape index (κ2) is 6.67. The Morgan fingerprint density at radius 3 is 2.91 bits per heavy atom. The highest BCUT2D eigenvalue weighted by Gasteiger charge is 2.09. The smallest absolute Gasteiger partial charge is 0.263 e. The Morgan fingerprint density at radius 1 is 1.35 bits per heavy atom.